The Bertz CT molecular complexity index is 1060. The van der Waals surface area contributed by atoms with E-state index >= 15 is 0 Å². The van der Waals surface area contributed by atoms with Crippen LogP contribution in [-0.4, -0.2) is 57.1 Å². The fraction of sp³-hybridized carbons (Fsp3) is 0.652. The second kappa shape index (κ2) is 7.33. The maximum atomic E-state index is 12.7. The number of nitrogen functional groups attached to an aromatic ring is 1. The van der Waals surface area contributed by atoms with E-state index in [4.69, 9.17) is 15.5 Å². The third-order valence-electron chi connectivity index (χ3n) is 7.79. The second-order valence-electron chi connectivity index (χ2n) is 10.2. The molecule has 0 radical (unpaired) electrons. The molecule has 2 N–H and O–H groups in total. The Labute approximate surface area is 190 Å². The predicted octanol–water partition coefficient (Wildman–Crippen LogP) is 3.97. The number of hydrogen-bond donors (Lipinski definition) is 1. The number of ether oxygens (including phenoxy) is 2. The van der Waals surface area contributed by atoms with Crippen LogP contribution in [0, 0.1) is 11.8 Å². The summed E-state index contributed by atoms with van der Waals surface area (Å²) in [7, 11) is 0. The highest BCUT2D eigenvalue weighted by atomic mass is 19.4. The highest BCUT2D eigenvalue weighted by molar-refractivity contribution is 5.64. The van der Waals surface area contributed by atoms with E-state index in [1.54, 1.807) is 0 Å². The van der Waals surface area contributed by atoms with Crippen LogP contribution in [-0.2, 0) is 4.74 Å². The topological polar surface area (TPSA) is 78.4 Å². The van der Waals surface area contributed by atoms with Crippen molar-refractivity contribution < 1.29 is 22.6 Å². The van der Waals surface area contributed by atoms with Crippen LogP contribution < -0.4 is 10.5 Å². The van der Waals surface area contributed by atoms with Crippen LogP contribution in [0.4, 0.5) is 19.0 Å². The summed E-state index contributed by atoms with van der Waals surface area (Å²) in [5, 5.41) is 0. The summed E-state index contributed by atoms with van der Waals surface area (Å²) in [4.78, 5) is 11.4. The normalized spacial score (nSPS) is 33.2. The summed E-state index contributed by atoms with van der Waals surface area (Å²) in [5.41, 5.74) is 6.64. The first kappa shape index (κ1) is 21.2. The number of alkyl halides is 3. The number of halogens is 3. The van der Waals surface area contributed by atoms with E-state index in [2.05, 4.69) is 33.0 Å². The largest absolute Gasteiger partial charge is 0.573 e. The minimum atomic E-state index is -4.83. The van der Waals surface area contributed by atoms with Gasteiger partial charge < -0.3 is 19.8 Å². The number of anilines is 1. The van der Waals surface area contributed by atoms with E-state index in [1.807, 2.05) is 6.20 Å². The molecule has 0 spiro atoms. The van der Waals surface area contributed by atoms with Crippen molar-refractivity contribution in [3.05, 3.63) is 24.3 Å². The zero-order valence-electron chi connectivity index (χ0n) is 18.6. The van der Waals surface area contributed by atoms with Gasteiger partial charge in [-0.15, -0.1) is 13.2 Å². The quantitative estimate of drug-likeness (QED) is 0.723. The lowest BCUT2D eigenvalue weighted by molar-refractivity contribution is -0.274. The van der Waals surface area contributed by atoms with Crippen LogP contribution in [0.3, 0.4) is 0 Å². The van der Waals surface area contributed by atoms with Crippen molar-refractivity contribution in [1.29, 1.82) is 0 Å². The van der Waals surface area contributed by atoms with Crippen molar-refractivity contribution in [2.24, 2.45) is 11.8 Å². The summed E-state index contributed by atoms with van der Waals surface area (Å²) < 4.78 is 50.3. The average molecular weight is 464 g/mol. The monoisotopic (exact) mass is 463 g/mol. The molecule has 2 aromatic rings. The Balaban J connectivity index is 1.22. The molecule has 6 rings (SSSR count). The second-order valence-corrected chi connectivity index (χ2v) is 10.2. The van der Waals surface area contributed by atoms with Crippen molar-refractivity contribution in [3.63, 3.8) is 0 Å². The maximum absolute atomic E-state index is 12.7. The number of pyridine rings is 1. The van der Waals surface area contributed by atoms with Gasteiger partial charge in [0.2, 0.25) is 0 Å². The van der Waals surface area contributed by atoms with Gasteiger partial charge >= 0.3 is 6.36 Å². The molecule has 33 heavy (non-hydrogen) atoms. The molecule has 2 saturated heterocycles. The zero-order chi connectivity index (χ0) is 23.1. The van der Waals surface area contributed by atoms with Gasteiger partial charge in [0.15, 0.2) is 11.6 Å². The first-order valence-electron chi connectivity index (χ1n) is 11.7. The lowest BCUT2D eigenvalue weighted by Crippen LogP contribution is -2.43. The lowest BCUT2D eigenvalue weighted by Gasteiger charge is -2.33. The van der Waals surface area contributed by atoms with Gasteiger partial charge in [-0.1, -0.05) is 13.8 Å². The molecule has 4 fully saturated rings. The summed E-state index contributed by atoms with van der Waals surface area (Å²) in [5.74, 6) is 1.59. The summed E-state index contributed by atoms with van der Waals surface area (Å²) >= 11 is 0. The van der Waals surface area contributed by atoms with E-state index < -0.39 is 12.1 Å². The van der Waals surface area contributed by atoms with E-state index in [9.17, 15) is 13.2 Å². The summed E-state index contributed by atoms with van der Waals surface area (Å²) in [6.07, 6.45) is 2.55. The number of rotatable bonds is 5. The SMILES string of the molecule is CC(C)c1nc(-c2cnc(N)c(OC(F)(F)F)c2)cn1C1C2CC(N3C[C@@H]4C[C@H]3CO4)CC21. The zero-order valence-corrected chi connectivity index (χ0v) is 18.6. The molecule has 0 amide bonds. The lowest BCUT2D eigenvalue weighted by atomic mass is 10.1. The number of likely N-dealkylation sites (tertiary alicyclic amines) is 1. The summed E-state index contributed by atoms with van der Waals surface area (Å²) in [6.45, 7) is 6.12. The van der Waals surface area contributed by atoms with Crippen molar-refractivity contribution in [1.82, 2.24) is 19.4 Å². The number of imidazole rings is 1. The van der Waals surface area contributed by atoms with E-state index in [0.717, 1.165) is 19.0 Å². The molecular weight excluding hydrogens is 435 g/mol. The molecule has 2 unspecified atom stereocenters. The van der Waals surface area contributed by atoms with Crippen molar-refractivity contribution >= 4 is 5.82 Å². The molecule has 4 atom stereocenters. The standard InChI is InChI=1S/C23H28F3N5O2/c1-11(2)22-29-18(12-3-19(21(27)28-7-12)33-23(24,25)26)9-31(22)20-16-5-13(6-17(16)20)30-8-15-4-14(30)10-32-15/h3,7,9,11,13-17,20H,4-6,8,10H2,1-2H3,(H2,27,28)/t13?,14-,15-,16?,17?,20?/m0/s1. The third kappa shape index (κ3) is 3.67. The highest BCUT2D eigenvalue weighted by Gasteiger charge is 2.60. The van der Waals surface area contributed by atoms with E-state index in [0.29, 0.717) is 47.3 Å². The van der Waals surface area contributed by atoms with E-state index in [-0.39, 0.29) is 11.7 Å². The molecule has 2 saturated carbocycles. The van der Waals surface area contributed by atoms with Crippen molar-refractivity contribution in [3.8, 4) is 17.0 Å². The van der Waals surface area contributed by atoms with Gasteiger partial charge in [-0.25, -0.2) is 9.97 Å². The number of fused-ring (bicyclic) bond motifs is 3. The number of nitrogens with two attached hydrogens (primary N) is 1. The Morgan fingerprint density at radius 2 is 1.94 bits per heavy atom. The molecular formula is C23H28F3N5O2. The van der Waals surface area contributed by atoms with Gasteiger partial charge in [0.1, 0.15) is 5.82 Å². The Hall–Kier alpha value is -2.33. The van der Waals surface area contributed by atoms with Gasteiger partial charge in [-0.3, -0.25) is 4.90 Å². The Kier molecular flexibility index (Phi) is 4.72. The van der Waals surface area contributed by atoms with Crippen LogP contribution in [0.2, 0.25) is 0 Å². The summed E-state index contributed by atoms with van der Waals surface area (Å²) in [6, 6.07) is 2.90. The number of nitrogens with zero attached hydrogens (tertiary/aromatic N) is 4. The third-order valence-corrected chi connectivity index (χ3v) is 7.79. The molecule has 2 aliphatic carbocycles. The van der Waals surface area contributed by atoms with Gasteiger partial charge in [-0.05, 0) is 37.2 Å². The molecule has 4 aliphatic rings. The molecule has 4 heterocycles. The first-order chi connectivity index (χ1) is 15.7. The number of morpholine rings is 1. The Morgan fingerprint density at radius 3 is 2.55 bits per heavy atom. The molecule has 2 aliphatic heterocycles. The number of hydrogen-bond acceptors (Lipinski definition) is 6. The molecule has 7 nitrogen and oxygen atoms in total. The van der Waals surface area contributed by atoms with Crippen LogP contribution in [0.25, 0.3) is 11.3 Å². The predicted molar refractivity (Wildman–Crippen MR) is 115 cm³/mol. The molecule has 178 valence electrons. The van der Waals surface area contributed by atoms with Gasteiger partial charge in [0.25, 0.3) is 0 Å². The van der Waals surface area contributed by atoms with Gasteiger partial charge in [0, 0.05) is 48.5 Å². The first-order valence-corrected chi connectivity index (χ1v) is 11.7. The minimum Gasteiger partial charge on any atom is -0.402 e. The molecule has 2 aromatic heterocycles. The van der Waals surface area contributed by atoms with Crippen molar-refractivity contribution in [2.45, 2.75) is 69.6 Å². The molecule has 10 heteroatoms. The van der Waals surface area contributed by atoms with Crippen LogP contribution >= 0.6 is 0 Å². The van der Waals surface area contributed by atoms with Gasteiger partial charge in [-0.2, -0.15) is 0 Å². The van der Waals surface area contributed by atoms with Crippen molar-refractivity contribution in [2.75, 3.05) is 18.9 Å². The fourth-order valence-corrected chi connectivity index (χ4v) is 6.35. The van der Waals surface area contributed by atoms with Crippen LogP contribution in [0.1, 0.15) is 50.9 Å². The maximum Gasteiger partial charge on any atom is 0.573 e. The van der Waals surface area contributed by atoms with Crippen LogP contribution in [0.15, 0.2) is 18.5 Å². The van der Waals surface area contributed by atoms with Crippen LogP contribution in [0.5, 0.6) is 5.75 Å². The van der Waals surface area contributed by atoms with Gasteiger partial charge in [0.05, 0.1) is 18.4 Å². The average Bonchev–Trinajstić information content (AvgIpc) is 3.32. The molecule has 2 bridgehead atoms. The molecule has 0 aromatic carbocycles. The highest BCUT2D eigenvalue weighted by Crippen LogP contribution is 2.62. The fourth-order valence-electron chi connectivity index (χ4n) is 6.35. The van der Waals surface area contributed by atoms with E-state index in [1.165, 1.54) is 31.5 Å². The minimum absolute atomic E-state index is 0.190. The Morgan fingerprint density at radius 1 is 1.18 bits per heavy atom. The number of aromatic nitrogens is 3. The smallest absolute Gasteiger partial charge is 0.402 e.